The molecule has 2 aromatic carbocycles. The summed E-state index contributed by atoms with van der Waals surface area (Å²) in [6.07, 6.45) is 1.20. The highest BCUT2D eigenvalue weighted by atomic mass is 79.9. The quantitative estimate of drug-likeness (QED) is 0.195. The number of carbonyl (C=O) groups excluding carboxylic acids is 3. The maximum atomic E-state index is 13.4. The number of nitrogens with zero attached hydrogens (tertiary/aromatic N) is 4. The summed E-state index contributed by atoms with van der Waals surface area (Å²) in [5, 5.41) is 8.91. The first-order valence-corrected chi connectivity index (χ1v) is 13.9. The van der Waals surface area contributed by atoms with Gasteiger partial charge in [0.05, 0.1) is 10.2 Å². The van der Waals surface area contributed by atoms with Crippen molar-refractivity contribution in [2.45, 2.75) is 51.4 Å². The number of esters is 2. The molecule has 38 heavy (non-hydrogen) atoms. The Morgan fingerprint density at radius 3 is 2.42 bits per heavy atom. The first-order chi connectivity index (χ1) is 18.3. The molecule has 4 rings (SSSR count). The van der Waals surface area contributed by atoms with Gasteiger partial charge in [-0.1, -0.05) is 50.7 Å². The van der Waals surface area contributed by atoms with Gasteiger partial charge < -0.3 is 14.2 Å². The number of fused-ring (bicyclic) bond motifs is 3. The minimum Gasteiger partial charge on any atom is -0.447 e. The second-order valence-corrected chi connectivity index (χ2v) is 9.67. The number of anilines is 1. The molecule has 1 amide bonds. The van der Waals surface area contributed by atoms with E-state index in [-0.39, 0.29) is 42.5 Å². The van der Waals surface area contributed by atoms with E-state index in [1.807, 2.05) is 24.5 Å². The number of carbonyl (C=O) groups is 3. The van der Waals surface area contributed by atoms with Crippen molar-refractivity contribution in [2.75, 3.05) is 11.2 Å². The topological polar surface area (TPSA) is 121 Å². The van der Waals surface area contributed by atoms with Crippen molar-refractivity contribution in [2.24, 2.45) is 0 Å². The first kappa shape index (κ1) is 27.5. The molecule has 0 fully saturated rings. The van der Waals surface area contributed by atoms with Crippen LogP contribution in [0.2, 0.25) is 0 Å². The van der Waals surface area contributed by atoms with Crippen LogP contribution < -0.4 is 19.1 Å². The first-order valence-electron chi connectivity index (χ1n) is 11.9. The largest absolute Gasteiger partial charge is 0.447 e. The van der Waals surface area contributed by atoms with Crippen molar-refractivity contribution in [3.8, 4) is 28.6 Å². The number of hydrogen-bond acceptors (Lipinski definition) is 10. The zero-order valence-electron chi connectivity index (χ0n) is 21.2. The lowest BCUT2D eigenvalue weighted by Gasteiger charge is -2.31. The van der Waals surface area contributed by atoms with Crippen LogP contribution in [0.5, 0.6) is 17.4 Å². The van der Waals surface area contributed by atoms with E-state index in [1.165, 1.54) is 22.7 Å². The normalized spacial score (nSPS) is 14.0. The molecule has 0 saturated carbocycles. The smallest absolute Gasteiger partial charge is 0.311 e. The third-order valence-corrected chi connectivity index (χ3v) is 6.73. The van der Waals surface area contributed by atoms with Gasteiger partial charge in [0, 0.05) is 30.4 Å². The van der Waals surface area contributed by atoms with Crippen LogP contribution in [0.3, 0.4) is 0 Å². The molecule has 0 aliphatic carbocycles. The van der Waals surface area contributed by atoms with Gasteiger partial charge in [-0.25, -0.2) is 0 Å². The van der Waals surface area contributed by atoms with Crippen LogP contribution in [0, 0.1) is 0 Å². The number of thioether (sulfide) groups is 1. The van der Waals surface area contributed by atoms with E-state index in [0.29, 0.717) is 32.1 Å². The number of hydrogen-bond donors (Lipinski definition) is 0. The molecule has 0 bridgehead atoms. The van der Waals surface area contributed by atoms with Crippen molar-refractivity contribution in [1.82, 2.24) is 15.2 Å². The highest BCUT2D eigenvalue weighted by molar-refractivity contribution is 9.10. The fraction of sp³-hybridized carbons (Fsp3) is 0.308. The summed E-state index contributed by atoms with van der Waals surface area (Å²) in [6, 6.07) is 10.4. The summed E-state index contributed by atoms with van der Waals surface area (Å²) in [4.78, 5) is 43.8. The molecule has 0 radical (unpaired) electrons. The molecule has 0 saturated heterocycles. The zero-order chi connectivity index (χ0) is 27.4. The Morgan fingerprint density at radius 2 is 1.74 bits per heavy atom. The number of aromatic nitrogens is 3. The van der Waals surface area contributed by atoms with E-state index < -0.39 is 18.2 Å². The van der Waals surface area contributed by atoms with Crippen molar-refractivity contribution >= 4 is 51.2 Å². The molecule has 198 valence electrons. The molecule has 0 spiro atoms. The molecule has 1 aromatic heterocycles. The van der Waals surface area contributed by atoms with E-state index in [1.54, 1.807) is 32.9 Å². The van der Waals surface area contributed by atoms with E-state index in [9.17, 15) is 14.4 Å². The van der Waals surface area contributed by atoms with Gasteiger partial charge in [0.1, 0.15) is 0 Å². The summed E-state index contributed by atoms with van der Waals surface area (Å²) < 4.78 is 17.7. The van der Waals surface area contributed by atoms with Crippen LogP contribution in [-0.2, 0) is 14.4 Å². The molecule has 10 nitrogen and oxygen atoms in total. The Bertz CT molecular complexity index is 1400. The predicted octanol–water partition coefficient (Wildman–Crippen LogP) is 5.49. The van der Waals surface area contributed by atoms with E-state index >= 15 is 0 Å². The van der Waals surface area contributed by atoms with E-state index in [2.05, 4.69) is 31.1 Å². The number of para-hydroxylation sites is 1. The van der Waals surface area contributed by atoms with Gasteiger partial charge in [0.25, 0.3) is 0 Å². The minimum absolute atomic E-state index is 0.0129. The molecule has 12 heteroatoms. The maximum Gasteiger partial charge on any atom is 0.311 e. The average Bonchev–Trinajstić information content (AvgIpc) is 3.08. The molecule has 3 aromatic rings. The van der Waals surface area contributed by atoms with Gasteiger partial charge in [-0.2, -0.15) is 4.98 Å². The third kappa shape index (κ3) is 5.51. The van der Waals surface area contributed by atoms with Crippen LogP contribution in [-0.4, -0.2) is 39.3 Å². The Morgan fingerprint density at radius 1 is 1.03 bits per heavy atom. The summed E-state index contributed by atoms with van der Waals surface area (Å²) in [5.41, 5.74) is 2.02. The number of halogens is 1. The molecular weight excluding hydrogens is 576 g/mol. The fourth-order valence-corrected chi connectivity index (χ4v) is 4.58. The van der Waals surface area contributed by atoms with E-state index in [4.69, 9.17) is 14.2 Å². The number of benzene rings is 2. The molecular formula is C26H25BrN4O6S. The molecule has 2 heterocycles. The van der Waals surface area contributed by atoms with Crippen LogP contribution in [0.15, 0.2) is 46.0 Å². The SMILES string of the molecule is CCC(=O)Oc1cc([C@H]2Oc3nc(SC)nnc3-c3ccccc3N2C(=O)CC)cc(Br)c1OC(=O)CC. The molecule has 1 atom stereocenters. The van der Waals surface area contributed by atoms with Crippen molar-refractivity contribution in [1.29, 1.82) is 0 Å². The highest BCUT2D eigenvalue weighted by Gasteiger charge is 2.36. The fourth-order valence-electron chi connectivity index (χ4n) is 3.74. The van der Waals surface area contributed by atoms with Crippen LogP contribution in [0.25, 0.3) is 11.3 Å². The van der Waals surface area contributed by atoms with Crippen molar-refractivity contribution in [3.05, 3.63) is 46.4 Å². The molecule has 1 aliphatic heterocycles. The van der Waals surface area contributed by atoms with Gasteiger partial charge >= 0.3 is 11.9 Å². The Labute approximate surface area is 232 Å². The molecule has 1 aliphatic rings. The van der Waals surface area contributed by atoms with Gasteiger partial charge in [0.15, 0.2) is 17.2 Å². The highest BCUT2D eigenvalue weighted by Crippen LogP contribution is 2.46. The summed E-state index contributed by atoms with van der Waals surface area (Å²) in [5.74, 6) is -0.993. The lowest BCUT2D eigenvalue weighted by atomic mass is 10.1. The van der Waals surface area contributed by atoms with Gasteiger partial charge in [-0.3, -0.25) is 19.3 Å². The number of rotatable bonds is 7. The summed E-state index contributed by atoms with van der Waals surface area (Å²) >= 11 is 4.75. The molecule has 0 unspecified atom stereocenters. The Hall–Kier alpha value is -3.51. The summed E-state index contributed by atoms with van der Waals surface area (Å²) in [7, 11) is 0. The lowest BCUT2D eigenvalue weighted by molar-refractivity contribution is -0.136. The minimum atomic E-state index is -1.03. The standard InChI is InChI=1S/C26H25BrN4O6S/c1-5-19(32)31-17-11-9-8-10-15(17)22-24(28-26(38-4)30-29-22)37-25(31)14-12-16(27)23(36-21(34)7-3)18(13-14)35-20(33)6-2/h8-13,25H,5-7H2,1-4H3/t25-/m1/s1. The summed E-state index contributed by atoms with van der Waals surface area (Å²) in [6.45, 7) is 5.06. The Kier molecular flexibility index (Phi) is 8.62. The second kappa shape index (κ2) is 11.9. The van der Waals surface area contributed by atoms with Crippen LogP contribution in [0.4, 0.5) is 5.69 Å². The predicted molar refractivity (Wildman–Crippen MR) is 144 cm³/mol. The number of amides is 1. The maximum absolute atomic E-state index is 13.4. The van der Waals surface area contributed by atoms with Crippen LogP contribution >= 0.6 is 27.7 Å². The zero-order valence-corrected chi connectivity index (χ0v) is 23.6. The van der Waals surface area contributed by atoms with Crippen LogP contribution in [0.1, 0.15) is 51.8 Å². The number of ether oxygens (including phenoxy) is 3. The van der Waals surface area contributed by atoms with Crippen molar-refractivity contribution < 1.29 is 28.6 Å². The Balaban J connectivity index is 1.95. The second-order valence-electron chi connectivity index (χ2n) is 8.04. The van der Waals surface area contributed by atoms with Crippen molar-refractivity contribution in [3.63, 3.8) is 0 Å². The third-order valence-electron chi connectivity index (χ3n) is 5.60. The monoisotopic (exact) mass is 600 g/mol. The van der Waals surface area contributed by atoms with Gasteiger partial charge in [-0.15, -0.1) is 10.2 Å². The van der Waals surface area contributed by atoms with Gasteiger partial charge in [0.2, 0.25) is 23.2 Å². The lowest BCUT2D eigenvalue weighted by Crippen LogP contribution is -2.37. The molecule has 0 N–H and O–H groups in total. The van der Waals surface area contributed by atoms with E-state index in [0.717, 1.165) is 0 Å². The average molecular weight is 601 g/mol. The van der Waals surface area contributed by atoms with Gasteiger partial charge in [-0.05, 0) is 40.4 Å².